The fourth-order valence-corrected chi connectivity index (χ4v) is 3.96. The van der Waals surface area contributed by atoms with Crippen LogP contribution >= 0.6 is 0 Å². The van der Waals surface area contributed by atoms with Crippen LogP contribution in [0.1, 0.15) is 39.5 Å². The van der Waals surface area contributed by atoms with Gasteiger partial charge in [0.1, 0.15) is 5.82 Å². The molecule has 3 rings (SSSR count). The fourth-order valence-electron chi connectivity index (χ4n) is 3.96. The maximum absolute atomic E-state index is 12.6. The van der Waals surface area contributed by atoms with Crippen molar-refractivity contribution < 1.29 is 19.8 Å². The highest BCUT2D eigenvalue weighted by molar-refractivity contribution is 5.78. The third-order valence-corrected chi connectivity index (χ3v) is 5.34. The van der Waals surface area contributed by atoms with Crippen LogP contribution in [0.2, 0.25) is 0 Å². The number of piperidine rings is 1. The van der Waals surface area contributed by atoms with Gasteiger partial charge in [0.2, 0.25) is 5.91 Å². The number of hydrogen-bond donors (Lipinski definition) is 2. The average molecular weight is 403 g/mol. The van der Waals surface area contributed by atoms with E-state index in [2.05, 4.69) is 10.1 Å². The zero-order valence-electron chi connectivity index (χ0n) is 17.2. The van der Waals surface area contributed by atoms with Crippen LogP contribution < -0.4 is 4.90 Å². The molecule has 9 heteroatoms. The number of imidazole rings is 1. The Bertz CT molecular complexity index is 896. The van der Waals surface area contributed by atoms with Gasteiger partial charge in [0.25, 0.3) is 0 Å². The van der Waals surface area contributed by atoms with E-state index < -0.39 is 17.0 Å². The lowest BCUT2D eigenvalue weighted by Gasteiger charge is -2.41. The van der Waals surface area contributed by atoms with E-state index in [0.29, 0.717) is 13.0 Å². The molecule has 2 aromatic rings. The highest BCUT2D eigenvalue weighted by Crippen LogP contribution is 2.28. The molecule has 2 N–H and O–H groups in total. The van der Waals surface area contributed by atoms with Crippen LogP contribution in [0.5, 0.6) is 0 Å². The maximum atomic E-state index is 12.6. The van der Waals surface area contributed by atoms with Crippen LogP contribution in [0.4, 0.5) is 5.82 Å². The van der Waals surface area contributed by atoms with Gasteiger partial charge in [0, 0.05) is 39.0 Å². The van der Waals surface area contributed by atoms with Crippen LogP contribution in [-0.2, 0) is 9.59 Å². The lowest BCUT2D eigenvalue weighted by atomic mass is 9.85. The number of aliphatic hydroxyl groups is 1. The van der Waals surface area contributed by atoms with Crippen LogP contribution in [0.15, 0.2) is 24.5 Å². The van der Waals surface area contributed by atoms with Crippen LogP contribution in [0.3, 0.4) is 0 Å². The number of nitrogens with zero attached hydrogens (tertiary/aromatic N) is 5. The van der Waals surface area contributed by atoms with Crippen molar-refractivity contribution in [1.82, 2.24) is 19.5 Å². The van der Waals surface area contributed by atoms with Crippen molar-refractivity contribution in [2.45, 2.75) is 45.1 Å². The van der Waals surface area contributed by atoms with Gasteiger partial charge in [0.05, 0.1) is 18.6 Å². The Kier molecular flexibility index (Phi) is 5.79. The summed E-state index contributed by atoms with van der Waals surface area (Å²) in [6, 6.07) is 3.77. The zero-order chi connectivity index (χ0) is 21.2. The molecule has 0 unspecified atom stereocenters. The highest BCUT2D eigenvalue weighted by atomic mass is 16.4. The average Bonchev–Trinajstić information content (AvgIpc) is 3.07. The molecule has 0 radical (unpaired) electrons. The standard InChI is InChI=1S/C20H29N5O4/c1-19(2,12-18(27)28)11-17(26)23(3)13-20(29)7-4-9-24(14-20)16-6-5-15-21-8-10-25(15)22-16/h5-6,8,10,29H,4,7,9,11-14H2,1-3H3,(H,27,28)/t20-/m0/s1. The van der Waals surface area contributed by atoms with E-state index in [0.717, 1.165) is 24.4 Å². The van der Waals surface area contributed by atoms with Crippen molar-refractivity contribution in [3.8, 4) is 0 Å². The summed E-state index contributed by atoms with van der Waals surface area (Å²) in [4.78, 5) is 31.3. The minimum Gasteiger partial charge on any atom is -0.481 e. The Labute approximate surface area is 169 Å². The summed E-state index contributed by atoms with van der Waals surface area (Å²) in [7, 11) is 1.66. The minimum atomic E-state index is -1.05. The number of likely N-dealkylation sites (N-methyl/N-ethyl adjacent to an activating group) is 1. The molecule has 0 aliphatic carbocycles. The van der Waals surface area contributed by atoms with E-state index in [1.807, 2.05) is 17.0 Å². The molecule has 1 amide bonds. The summed E-state index contributed by atoms with van der Waals surface area (Å²) in [5.41, 5.74) is -0.927. The van der Waals surface area contributed by atoms with Crippen molar-refractivity contribution in [3.05, 3.63) is 24.5 Å². The van der Waals surface area contributed by atoms with E-state index >= 15 is 0 Å². The Morgan fingerprint density at radius 1 is 1.31 bits per heavy atom. The van der Waals surface area contributed by atoms with Gasteiger partial charge in [-0.25, -0.2) is 9.50 Å². The summed E-state index contributed by atoms with van der Waals surface area (Å²) in [6.07, 6.45) is 4.88. The van der Waals surface area contributed by atoms with Gasteiger partial charge in [-0.05, 0) is 30.4 Å². The normalized spacial score (nSPS) is 20.1. The Hall–Kier alpha value is -2.68. The predicted molar refractivity (Wildman–Crippen MR) is 108 cm³/mol. The molecule has 3 heterocycles. The molecular weight excluding hydrogens is 374 g/mol. The number of anilines is 1. The molecule has 2 aromatic heterocycles. The number of carboxylic acids is 1. The first kappa shape index (κ1) is 21.0. The first-order valence-electron chi connectivity index (χ1n) is 9.80. The van der Waals surface area contributed by atoms with Gasteiger partial charge in [-0.2, -0.15) is 0 Å². The Morgan fingerprint density at radius 2 is 2.07 bits per heavy atom. The number of carbonyl (C=O) groups is 2. The number of hydrogen-bond acceptors (Lipinski definition) is 6. The second-order valence-electron chi connectivity index (χ2n) is 8.83. The van der Waals surface area contributed by atoms with Crippen LogP contribution in [0, 0.1) is 5.41 Å². The molecule has 0 saturated carbocycles. The Balaban J connectivity index is 1.64. The van der Waals surface area contributed by atoms with E-state index in [9.17, 15) is 14.7 Å². The van der Waals surface area contributed by atoms with E-state index in [1.54, 1.807) is 37.8 Å². The summed E-state index contributed by atoms with van der Waals surface area (Å²) in [6.45, 7) is 4.87. The van der Waals surface area contributed by atoms with E-state index in [-0.39, 0.29) is 25.3 Å². The molecule has 1 aliphatic rings. The van der Waals surface area contributed by atoms with Gasteiger partial charge >= 0.3 is 5.97 Å². The molecule has 158 valence electrons. The number of aliphatic carboxylic acids is 1. The number of carbonyl (C=O) groups excluding carboxylic acids is 1. The second-order valence-corrected chi connectivity index (χ2v) is 8.83. The molecule has 0 bridgehead atoms. The quantitative estimate of drug-likeness (QED) is 0.719. The monoisotopic (exact) mass is 403 g/mol. The maximum Gasteiger partial charge on any atom is 0.303 e. The molecule has 0 spiro atoms. The van der Waals surface area contributed by atoms with Gasteiger partial charge in [-0.1, -0.05) is 13.8 Å². The topological polar surface area (TPSA) is 111 Å². The Morgan fingerprint density at radius 3 is 2.79 bits per heavy atom. The molecule has 9 nitrogen and oxygen atoms in total. The molecule has 1 atom stereocenters. The first-order valence-corrected chi connectivity index (χ1v) is 9.80. The molecule has 29 heavy (non-hydrogen) atoms. The van der Waals surface area contributed by atoms with Crippen LogP contribution in [0.25, 0.3) is 5.65 Å². The fraction of sp³-hybridized carbons (Fsp3) is 0.600. The number of β-amino-alcohol motifs (C(OH)–C–C–N with tert-alkyl or cyclic N) is 1. The lowest BCUT2D eigenvalue weighted by Crippen LogP contribution is -2.55. The third kappa shape index (κ3) is 5.23. The molecule has 1 saturated heterocycles. The molecule has 1 fully saturated rings. The summed E-state index contributed by atoms with van der Waals surface area (Å²) in [5.74, 6) is -0.334. The zero-order valence-corrected chi connectivity index (χ0v) is 17.2. The molecule has 1 aliphatic heterocycles. The summed E-state index contributed by atoms with van der Waals surface area (Å²) in [5, 5.41) is 24.7. The van der Waals surface area contributed by atoms with Crippen LogP contribution in [-0.4, -0.2) is 73.9 Å². The smallest absolute Gasteiger partial charge is 0.303 e. The summed E-state index contributed by atoms with van der Waals surface area (Å²) < 4.78 is 1.70. The van der Waals surface area contributed by atoms with Crippen molar-refractivity contribution in [1.29, 1.82) is 0 Å². The van der Waals surface area contributed by atoms with Gasteiger partial charge < -0.3 is 20.0 Å². The number of rotatable bonds is 7. The number of carboxylic acid groups (broad SMARTS) is 1. The van der Waals surface area contributed by atoms with Gasteiger partial charge in [0.15, 0.2) is 5.65 Å². The summed E-state index contributed by atoms with van der Waals surface area (Å²) >= 11 is 0. The van der Waals surface area contributed by atoms with Crippen molar-refractivity contribution in [2.24, 2.45) is 5.41 Å². The first-order chi connectivity index (χ1) is 13.6. The predicted octanol–water partition coefficient (Wildman–Crippen LogP) is 1.41. The number of fused-ring (bicyclic) bond motifs is 1. The van der Waals surface area contributed by atoms with E-state index in [1.165, 1.54) is 4.90 Å². The number of aromatic nitrogens is 3. The molecular formula is C20H29N5O4. The number of amides is 1. The molecule has 0 aromatic carbocycles. The van der Waals surface area contributed by atoms with E-state index in [4.69, 9.17) is 5.11 Å². The lowest BCUT2D eigenvalue weighted by molar-refractivity contribution is -0.141. The van der Waals surface area contributed by atoms with Crippen molar-refractivity contribution in [3.63, 3.8) is 0 Å². The minimum absolute atomic E-state index is 0.0764. The second kappa shape index (κ2) is 7.98. The van der Waals surface area contributed by atoms with Gasteiger partial charge in [-0.15, -0.1) is 5.10 Å². The van der Waals surface area contributed by atoms with Crippen molar-refractivity contribution in [2.75, 3.05) is 31.6 Å². The highest BCUT2D eigenvalue weighted by Gasteiger charge is 2.37. The van der Waals surface area contributed by atoms with Gasteiger partial charge in [-0.3, -0.25) is 9.59 Å². The van der Waals surface area contributed by atoms with Crippen molar-refractivity contribution >= 4 is 23.3 Å². The SMILES string of the molecule is CN(C[C@@]1(O)CCCN(c2ccc3nccn3n2)C1)C(=O)CC(C)(C)CC(=O)O. The largest absolute Gasteiger partial charge is 0.481 e. The third-order valence-electron chi connectivity index (χ3n) is 5.34.